The van der Waals surface area contributed by atoms with Crippen molar-refractivity contribution in [1.82, 2.24) is 15.2 Å². The summed E-state index contributed by atoms with van der Waals surface area (Å²) < 4.78 is 1.09. The SMILES string of the molecule is C/C(=N\NC(=O)c1nn(C)c(=O)c2ccccc12)c1cc(Cl)cc(Cl)c1O. The first-order valence-corrected chi connectivity index (χ1v) is 8.54. The number of carbonyl (C=O) groups excluding carboxylic acids is 1. The fraction of sp³-hybridized carbons (Fsp3) is 0.111. The highest BCUT2D eigenvalue weighted by molar-refractivity contribution is 6.36. The standard InChI is InChI=1S/C18H14Cl2N4O3/c1-9(13-7-10(19)8-14(20)16(13)25)21-22-17(26)15-11-5-3-4-6-12(11)18(27)24(2)23-15/h3-8,25H,1-2H3,(H,22,26)/b21-9+. The highest BCUT2D eigenvalue weighted by Crippen LogP contribution is 2.31. The Bertz CT molecular complexity index is 1160. The molecule has 3 aromatic rings. The fourth-order valence-electron chi connectivity index (χ4n) is 2.56. The third-order valence-electron chi connectivity index (χ3n) is 3.91. The number of hydrazone groups is 1. The van der Waals surface area contributed by atoms with Crippen molar-refractivity contribution in [3.63, 3.8) is 0 Å². The number of carbonyl (C=O) groups is 1. The number of hydrogen-bond donors (Lipinski definition) is 2. The van der Waals surface area contributed by atoms with Crippen LogP contribution in [0.15, 0.2) is 46.3 Å². The lowest BCUT2D eigenvalue weighted by Crippen LogP contribution is -2.27. The van der Waals surface area contributed by atoms with Gasteiger partial charge in [-0.25, -0.2) is 10.1 Å². The zero-order valence-electron chi connectivity index (χ0n) is 14.3. The number of amides is 1. The summed E-state index contributed by atoms with van der Waals surface area (Å²) in [5.41, 5.74) is 2.70. The van der Waals surface area contributed by atoms with E-state index in [0.717, 1.165) is 4.68 Å². The number of phenolic OH excluding ortho intramolecular Hbond substituents is 1. The minimum Gasteiger partial charge on any atom is -0.506 e. The minimum absolute atomic E-state index is 0.0533. The molecule has 1 amide bonds. The quantitative estimate of drug-likeness (QED) is 0.517. The van der Waals surface area contributed by atoms with Crippen LogP contribution in [0.25, 0.3) is 10.8 Å². The minimum atomic E-state index is -0.603. The van der Waals surface area contributed by atoms with Crippen LogP contribution in [0.3, 0.4) is 0 Å². The van der Waals surface area contributed by atoms with Crippen LogP contribution >= 0.6 is 23.2 Å². The van der Waals surface area contributed by atoms with Crippen LogP contribution in [-0.4, -0.2) is 26.5 Å². The van der Waals surface area contributed by atoms with E-state index in [-0.39, 0.29) is 27.6 Å². The van der Waals surface area contributed by atoms with Crippen LogP contribution in [-0.2, 0) is 7.05 Å². The molecule has 0 aliphatic rings. The van der Waals surface area contributed by atoms with Gasteiger partial charge in [-0.15, -0.1) is 0 Å². The average molecular weight is 405 g/mol. The smallest absolute Gasteiger partial charge is 0.292 e. The van der Waals surface area contributed by atoms with Crippen LogP contribution in [0.2, 0.25) is 10.0 Å². The Morgan fingerprint density at radius 1 is 1.22 bits per heavy atom. The Balaban J connectivity index is 1.97. The normalized spacial score (nSPS) is 11.6. The second-order valence-corrected chi connectivity index (χ2v) is 6.59. The number of aromatic nitrogens is 2. The van der Waals surface area contributed by atoms with E-state index >= 15 is 0 Å². The molecule has 1 aromatic heterocycles. The maximum absolute atomic E-state index is 12.6. The molecule has 138 valence electrons. The molecular formula is C18H14Cl2N4O3. The first kappa shape index (κ1) is 18.9. The molecule has 0 bridgehead atoms. The number of benzene rings is 2. The van der Waals surface area contributed by atoms with Gasteiger partial charge in [-0.1, -0.05) is 41.4 Å². The van der Waals surface area contributed by atoms with Gasteiger partial charge in [-0.3, -0.25) is 9.59 Å². The van der Waals surface area contributed by atoms with Gasteiger partial charge in [0.1, 0.15) is 5.75 Å². The Kier molecular flexibility index (Phi) is 5.16. The Morgan fingerprint density at radius 2 is 1.89 bits per heavy atom. The molecule has 2 N–H and O–H groups in total. The molecule has 0 unspecified atom stereocenters. The number of fused-ring (bicyclic) bond motifs is 1. The van der Waals surface area contributed by atoms with Crippen molar-refractivity contribution in [2.24, 2.45) is 12.1 Å². The monoisotopic (exact) mass is 404 g/mol. The van der Waals surface area contributed by atoms with Crippen LogP contribution in [0, 0.1) is 0 Å². The van der Waals surface area contributed by atoms with E-state index in [4.69, 9.17) is 23.2 Å². The lowest BCUT2D eigenvalue weighted by Gasteiger charge is -2.09. The molecule has 0 atom stereocenters. The van der Waals surface area contributed by atoms with Gasteiger partial charge >= 0.3 is 0 Å². The highest BCUT2D eigenvalue weighted by atomic mass is 35.5. The van der Waals surface area contributed by atoms with E-state index < -0.39 is 5.91 Å². The lowest BCUT2D eigenvalue weighted by molar-refractivity contribution is 0.0949. The Hall–Kier alpha value is -2.90. The third-order valence-corrected chi connectivity index (χ3v) is 4.42. The molecule has 0 aliphatic carbocycles. The van der Waals surface area contributed by atoms with Gasteiger partial charge in [0, 0.05) is 23.0 Å². The van der Waals surface area contributed by atoms with Gasteiger partial charge < -0.3 is 5.11 Å². The summed E-state index contributed by atoms with van der Waals surface area (Å²) in [4.78, 5) is 24.7. The highest BCUT2D eigenvalue weighted by Gasteiger charge is 2.16. The summed E-state index contributed by atoms with van der Waals surface area (Å²) >= 11 is 11.8. The largest absolute Gasteiger partial charge is 0.506 e. The number of aryl methyl sites for hydroxylation is 1. The molecular weight excluding hydrogens is 391 g/mol. The number of rotatable bonds is 3. The predicted molar refractivity (Wildman–Crippen MR) is 105 cm³/mol. The summed E-state index contributed by atoms with van der Waals surface area (Å²) in [6.07, 6.45) is 0. The number of aromatic hydroxyl groups is 1. The van der Waals surface area contributed by atoms with E-state index in [2.05, 4.69) is 15.6 Å². The van der Waals surface area contributed by atoms with Crippen LogP contribution < -0.4 is 11.0 Å². The number of nitrogens with zero attached hydrogens (tertiary/aromatic N) is 3. The first-order chi connectivity index (χ1) is 12.8. The maximum atomic E-state index is 12.6. The summed E-state index contributed by atoms with van der Waals surface area (Å²) in [5, 5.41) is 19.2. The van der Waals surface area contributed by atoms with Gasteiger partial charge in [-0.2, -0.15) is 10.2 Å². The number of nitrogens with one attached hydrogen (secondary N) is 1. The number of hydrogen-bond acceptors (Lipinski definition) is 5. The Labute approximate surface area is 163 Å². The van der Waals surface area contributed by atoms with Gasteiger partial charge in [0.25, 0.3) is 11.5 Å². The van der Waals surface area contributed by atoms with Gasteiger partial charge in [0.05, 0.1) is 16.1 Å². The van der Waals surface area contributed by atoms with E-state index in [1.807, 2.05) is 0 Å². The van der Waals surface area contributed by atoms with Crippen molar-refractivity contribution >= 4 is 45.6 Å². The zero-order chi connectivity index (χ0) is 19.7. The summed E-state index contributed by atoms with van der Waals surface area (Å²) in [6.45, 7) is 1.58. The van der Waals surface area contributed by atoms with Crippen molar-refractivity contribution in [3.8, 4) is 5.75 Å². The maximum Gasteiger partial charge on any atom is 0.292 e. The average Bonchev–Trinajstić information content (AvgIpc) is 2.65. The third kappa shape index (κ3) is 3.65. The fourth-order valence-corrected chi connectivity index (χ4v) is 3.05. The molecule has 0 radical (unpaired) electrons. The molecule has 2 aromatic carbocycles. The van der Waals surface area contributed by atoms with Crippen molar-refractivity contribution in [2.45, 2.75) is 6.92 Å². The summed E-state index contributed by atoms with van der Waals surface area (Å²) in [6, 6.07) is 9.55. The van der Waals surface area contributed by atoms with Crippen molar-refractivity contribution in [3.05, 3.63) is 68.1 Å². The van der Waals surface area contributed by atoms with Crippen molar-refractivity contribution in [1.29, 1.82) is 0 Å². The van der Waals surface area contributed by atoms with Crippen molar-refractivity contribution < 1.29 is 9.90 Å². The molecule has 9 heteroatoms. The molecule has 3 rings (SSSR count). The molecule has 7 nitrogen and oxygen atoms in total. The van der Waals surface area contributed by atoms with Crippen LogP contribution in [0.1, 0.15) is 23.0 Å². The van der Waals surface area contributed by atoms with Crippen molar-refractivity contribution in [2.75, 3.05) is 0 Å². The lowest BCUT2D eigenvalue weighted by atomic mass is 10.1. The summed E-state index contributed by atoms with van der Waals surface area (Å²) in [7, 11) is 1.46. The van der Waals surface area contributed by atoms with Gasteiger partial charge in [0.2, 0.25) is 0 Å². The number of phenols is 1. The topological polar surface area (TPSA) is 96.6 Å². The number of halogens is 2. The summed E-state index contributed by atoms with van der Waals surface area (Å²) in [5.74, 6) is -0.795. The second kappa shape index (κ2) is 7.38. The molecule has 0 fully saturated rings. The van der Waals surface area contributed by atoms with Crippen LogP contribution in [0.5, 0.6) is 5.75 Å². The molecule has 0 aliphatic heterocycles. The predicted octanol–water partition coefficient (Wildman–Crippen LogP) is 3.10. The molecule has 27 heavy (non-hydrogen) atoms. The van der Waals surface area contributed by atoms with Gasteiger partial charge in [-0.05, 0) is 25.1 Å². The molecule has 0 spiro atoms. The molecule has 0 saturated heterocycles. The first-order valence-electron chi connectivity index (χ1n) is 7.78. The van der Waals surface area contributed by atoms with Crippen LogP contribution in [0.4, 0.5) is 0 Å². The zero-order valence-corrected chi connectivity index (χ0v) is 15.8. The molecule has 0 saturated carbocycles. The Morgan fingerprint density at radius 3 is 2.59 bits per heavy atom. The van der Waals surface area contributed by atoms with E-state index in [1.54, 1.807) is 31.2 Å². The molecule has 1 heterocycles. The van der Waals surface area contributed by atoms with E-state index in [9.17, 15) is 14.7 Å². The van der Waals surface area contributed by atoms with E-state index in [1.165, 1.54) is 19.2 Å². The van der Waals surface area contributed by atoms with E-state index in [0.29, 0.717) is 21.5 Å². The second-order valence-electron chi connectivity index (χ2n) is 5.74. The van der Waals surface area contributed by atoms with Gasteiger partial charge in [0.15, 0.2) is 5.69 Å².